The van der Waals surface area contributed by atoms with Gasteiger partial charge in [-0.3, -0.25) is 0 Å². The van der Waals surface area contributed by atoms with Gasteiger partial charge in [-0.2, -0.15) is 5.26 Å². The van der Waals surface area contributed by atoms with Crippen LogP contribution < -0.4 is 0 Å². The number of nitriles is 1. The number of hydrogen-bond donors (Lipinski definition) is 1. The highest BCUT2D eigenvalue weighted by molar-refractivity contribution is 5.68. The zero-order valence-corrected chi connectivity index (χ0v) is 11.5. The molecule has 0 amide bonds. The second-order valence-corrected chi connectivity index (χ2v) is 5.61. The summed E-state index contributed by atoms with van der Waals surface area (Å²) in [7, 11) is 0. The van der Waals surface area contributed by atoms with E-state index in [4.69, 9.17) is 0 Å². The maximum Gasteiger partial charge on any atom is 0.127 e. The monoisotopic (exact) mass is 251 g/mol. The predicted octanol–water partition coefficient (Wildman–Crippen LogP) is 3.56. The highest BCUT2D eigenvalue weighted by Gasteiger charge is 2.47. The molecule has 1 fully saturated rings. The second-order valence-electron chi connectivity index (χ2n) is 5.61. The van der Waals surface area contributed by atoms with Gasteiger partial charge in [0.05, 0.1) is 18.0 Å². The van der Waals surface area contributed by atoms with Crippen LogP contribution in [-0.4, -0.2) is 9.97 Å². The number of H-pyrrole nitrogens is 1. The summed E-state index contributed by atoms with van der Waals surface area (Å²) in [6.45, 7) is 6.34. The second kappa shape index (κ2) is 3.96. The van der Waals surface area contributed by atoms with Crippen molar-refractivity contribution in [3.8, 4) is 17.3 Å². The van der Waals surface area contributed by atoms with Crippen molar-refractivity contribution in [3.05, 3.63) is 40.8 Å². The lowest BCUT2D eigenvalue weighted by Crippen LogP contribution is -2.04. The molecule has 3 nitrogen and oxygen atoms in total. The molecule has 1 aromatic carbocycles. The Morgan fingerprint density at radius 2 is 1.84 bits per heavy atom. The quantitative estimate of drug-likeness (QED) is 0.887. The summed E-state index contributed by atoms with van der Waals surface area (Å²) in [5, 5.41) is 9.23. The molecule has 1 aliphatic rings. The predicted molar refractivity (Wildman–Crippen MR) is 74.8 cm³/mol. The molecule has 0 unspecified atom stereocenters. The molecule has 1 aromatic heterocycles. The van der Waals surface area contributed by atoms with Gasteiger partial charge in [0, 0.05) is 5.56 Å². The van der Waals surface area contributed by atoms with E-state index < -0.39 is 0 Å². The van der Waals surface area contributed by atoms with Gasteiger partial charge in [-0.05, 0) is 44.7 Å². The van der Waals surface area contributed by atoms with Crippen LogP contribution in [-0.2, 0) is 5.41 Å². The minimum atomic E-state index is -0.343. The molecule has 1 N–H and O–H groups in total. The number of nitrogens with zero attached hydrogens (tertiary/aromatic N) is 2. The standard InChI is InChI=1S/C16H17N3/c1-10-6-11(2)14(12(3)7-10)13-8-18-15(19-13)16(9-17)4-5-16/h6-8H,4-5H2,1-3H3,(H,18,19). The highest BCUT2D eigenvalue weighted by Crippen LogP contribution is 2.46. The van der Waals surface area contributed by atoms with E-state index >= 15 is 0 Å². The Morgan fingerprint density at radius 1 is 1.21 bits per heavy atom. The van der Waals surface area contributed by atoms with Crippen LogP contribution >= 0.6 is 0 Å². The lowest BCUT2D eigenvalue weighted by atomic mass is 9.98. The fraction of sp³-hybridized carbons (Fsp3) is 0.375. The number of imidazole rings is 1. The zero-order valence-electron chi connectivity index (χ0n) is 11.5. The van der Waals surface area contributed by atoms with Crippen molar-refractivity contribution >= 4 is 0 Å². The van der Waals surface area contributed by atoms with Gasteiger partial charge in [0.15, 0.2) is 0 Å². The van der Waals surface area contributed by atoms with Crippen LogP contribution in [0.4, 0.5) is 0 Å². The van der Waals surface area contributed by atoms with Crippen LogP contribution in [0.1, 0.15) is 35.4 Å². The normalized spacial score (nSPS) is 16.1. The SMILES string of the molecule is Cc1cc(C)c(-c2cnc(C3(C#N)CC3)[nH]2)c(C)c1. The molecule has 0 radical (unpaired) electrons. The Bertz CT molecular complexity index is 661. The van der Waals surface area contributed by atoms with Gasteiger partial charge in [-0.1, -0.05) is 17.7 Å². The van der Waals surface area contributed by atoms with E-state index in [2.05, 4.69) is 48.9 Å². The molecular formula is C16H17N3. The molecule has 0 saturated heterocycles. The van der Waals surface area contributed by atoms with Gasteiger partial charge in [-0.25, -0.2) is 4.98 Å². The van der Waals surface area contributed by atoms with E-state index in [0.29, 0.717) is 0 Å². The largest absolute Gasteiger partial charge is 0.341 e. The van der Waals surface area contributed by atoms with Crippen molar-refractivity contribution in [2.45, 2.75) is 39.0 Å². The third-order valence-electron chi connectivity index (χ3n) is 3.94. The molecule has 0 bridgehead atoms. The molecule has 0 aliphatic heterocycles. The summed E-state index contributed by atoms with van der Waals surface area (Å²) in [6, 6.07) is 6.74. The molecule has 2 aromatic rings. The van der Waals surface area contributed by atoms with Crippen molar-refractivity contribution in [3.63, 3.8) is 0 Å². The number of aromatic nitrogens is 2. The van der Waals surface area contributed by atoms with E-state index in [0.717, 1.165) is 24.4 Å². The first-order valence-corrected chi connectivity index (χ1v) is 6.61. The fourth-order valence-corrected chi connectivity index (χ4v) is 2.82. The minimum absolute atomic E-state index is 0.343. The summed E-state index contributed by atoms with van der Waals surface area (Å²) in [5.74, 6) is 0.823. The number of hydrogen-bond acceptors (Lipinski definition) is 2. The topological polar surface area (TPSA) is 52.5 Å². The molecule has 1 heterocycles. The van der Waals surface area contributed by atoms with Crippen LogP contribution in [0.3, 0.4) is 0 Å². The zero-order chi connectivity index (χ0) is 13.6. The summed E-state index contributed by atoms with van der Waals surface area (Å²) in [6.07, 6.45) is 3.70. The van der Waals surface area contributed by atoms with Gasteiger partial charge in [-0.15, -0.1) is 0 Å². The van der Waals surface area contributed by atoms with Gasteiger partial charge in [0.25, 0.3) is 0 Å². The molecule has 0 spiro atoms. The van der Waals surface area contributed by atoms with Crippen LogP contribution in [0.25, 0.3) is 11.3 Å². The summed E-state index contributed by atoms with van der Waals surface area (Å²) in [5.41, 5.74) is 5.65. The number of benzene rings is 1. The molecular weight excluding hydrogens is 234 g/mol. The average molecular weight is 251 g/mol. The lowest BCUT2D eigenvalue weighted by Gasteiger charge is -2.09. The van der Waals surface area contributed by atoms with Crippen molar-refractivity contribution in [2.75, 3.05) is 0 Å². The molecule has 3 rings (SSSR count). The van der Waals surface area contributed by atoms with Crippen LogP contribution in [0.15, 0.2) is 18.3 Å². The van der Waals surface area contributed by atoms with Gasteiger partial charge >= 0.3 is 0 Å². The number of rotatable bonds is 2. The average Bonchev–Trinajstić information content (AvgIpc) is 3.00. The van der Waals surface area contributed by atoms with Crippen LogP contribution in [0.2, 0.25) is 0 Å². The Hall–Kier alpha value is -2.08. The van der Waals surface area contributed by atoms with Gasteiger partial charge in [0.1, 0.15) is 11.2 Å². The molecule has 0 atom stereocenters. The van der Waals surface area contributed by atoms with Crippen molar-refractivity contribution in [1.82, 2.24) is 9.97 Å². The summed E-state index contributed by atoms with van der Waals surface area (Å²) < 4.78 is 0. The summed E-state index contributed by atoms with van der Waals surface area (Å²) >= 11 is 0. The third kappa shape index (κ3) is 1.84. The fourth-order valence-electron chi connectivity index (χ4n) is 2.82. The number of aromatic amines is 1. The van der Waals surface area contributed by atoms with E-state index in [1.807, 2.05) is 6.20 Å². The first-order valence-electron chi connectivity index (χ1n) is 6.61. The Balaban J connectivity index is 2.07. The van der Waals surface area contributed by atoms with E-state index in [-0.39, 0.29) is 5.41 Å². The van der Waals surface area contributed by atoms with Crippen molar-refractivity contribution in [1.29, 1.82) is 5.26 Å². The van der Waals surface area contributed by atoms with Crippen molar-refractivity contribution in [2.24, 2.45) is 0 Å². The Morgan fingerprint density at radius 3 is 2.37 bits per heavy atom. The maximum atomic E-state index is 9.23. The molecule has 1 aliphatic carbocycles. The number of aryl methyl sites for hydroxylation is 3. The molecule has 19 heavy (non-hydrogen) atoms. The van der Waals surface area contributed by atoms with E-state index in [9.17, 15) is 5.26 Å². The lowest BCUT2D eigenvalue weighted by molar-refractivity contribution is 0.822. The highest BCUT2D eigenvalue weighted by atomic mass is 15.0. The summed E-state index contributed by atoms with van der Waals surface area (Å²) in [4.78, 5) is 7.77. The third-order valence-corrected chi connectivity index (χ3v) is 3.94. The van der Waals surface area contributed by atoms with E-state index in [1.165, 1.54) is 22.3 Å². The minimum Gasteiger partial charge on any atom is -0.341 e. The van der Waals surface area contributed by atoms with Crippen LogP contribution in [0.5, 0.6) is 0 Å². The molecule has 3 heteroatoms. The smallest absolute Gasteiger partial charge is 0.127 e. The van der Waals surface area contributed by atoms with Gasteiger partial charge < -0.3 is 4.98 Å². The van der Waals surface area contributed by atoms with Gasteiger partial charge in [0.2, 0.25) is 0 Å². The maximum absolute atomic E-state index is 9.23. The molecule has 1 saturated carbocycles. The number of nitrogens with one attached hydrogen (secondary N) is 1. The van der Waals surface area contributed by atoms with E-state index in [1.54, 1.807) is 0 Å². The van der Waals surface area contributed by atoms with Crippen molar-refractivity contribution < 1.29 is 0 Å². The first kappa shape index (κ1) is 12.0. The molecule has 96 valence electrons. The Labute approximate surface area is 113 Å². The van der Waals surface area contributed by atoms with Crippen LogP contribution in [0, 0.1) is 32.1 Å². The first-order chi connectivity index (χ1) is 9.05. The Kier molecular flexibility index (Phi) is 2.50.